The van der Waals surface area contributed by atoms with Crippen LogP contribution in [0.2, 0.25) is 5.15 Å². The van der Waals surface area contributed by atoms with E-state index in [9.17, 15) is 8.78 Å². The van der Waals surface area contributed by atoms with Gasteiger partial charge in [-0.15, -0.1) is 5.10 Å². The fourth-order valence-corrected chi connectivity index (χ4v) is 5.21. The fourth-order valence-electron chi connectivity index (χ4n) is 5.04. The van der Waals surface area contributed by atoms with Gasteiger partial charge in [-0.05, 0) is 60.4 Å². The Kier molecular flexibility index (Phi) is 5.96. The minimum absolute atomic E-state index is 0.387. The highest BCUT2D eigenvalue weighted by molar-refractivity contribution is 6.29. The molecule has 0 unspecified atom stereocenters. The molecule has 5 aromatic rings. The molecule has 37 heavy (non-hydrogen) atoms. The molecule has 1 fully saturated rings. The predicted molar refractivity (Wildman–Crippen MR) is 141 cm³/mol. The van der Waals surface area contributed by atoms with Crippen molar-refractivity contribution in [1.82, 2.24) is 19.6 Å². The molecule has 1 aliphatic heterocycles. The van der Waals surface area contributed by atoms with E-state index in [0.717, 1.165) is 43.2 Å². The third-order valence-electron chi connectivity index (χ3n) is 6.96. The number of piperidine rings is 1. The van der Waals surface area contributed by atoms with Crippen LogP contribution in [0.4, 0.5) is 20.4 Å². The van der Waals surface area contributed by atoms with Crippen molar-refractivity contribution in [2.75, 3.05) is 23.3 Å². The summed E-state index contributed by atoms with van der Waals surface area (Å²) >= 11 is 6.13. The number of pyridine rings is 2. The van der Waals surface area contributed by atoms with Crippen molar-refractivity contribution in [2.24, 2.45) is 0 Å². The molecule has 0 aliphatic carbocycles. The van der Waals surface area contributed by atoms with Crippen molar-refractivity contribution >= 4 is 28.9 Å². The van der Waals surface area contributed by atoms with Crippen molar-refractivity contribution in [3.63, 3.8) is 0 Å². The van der Waals surface area contributed by atoms with Gasteiger partial charge in [-0.3, -0.25) is 0 Å². The lowest BCUT2D eigenvalue weighted by atomic mass is 9.80. The maximum atomic E-state index is 13.9. The molecule has 1 N–H and O–H groups in total. The molecule has 0 bridgehead atoms. The van der Waals surface area contributed by atoms with Gasteiger partial charge >= 0.3 is 0 Å². The van der Waals surface area contributed by atoms with Crippen molar-refractivity contribution in [3.05, 3.63) is 108 Å². The molecule has 2 aromatic carbocycles. The van der Waals surface area contributed by atoms with Gasteiger partial charge in [0.15, 0.2) is 17.3 Å². The van der Waals surface area contributed by atoms with E-state index in [4.69, 9.17) is 16.6 Å². The van der Waals surface area contributed by atoms with E-state index in [2.05, 4.69) is 32.4 Å². The number of nitrogens with one attached hydrogen (secondary N) is 1. The largest absolute Gasteiger partial charge is 0.371 e. The lowest BCUT2D eigenvalue weighted by Gasteiger charge is -2.43. The SMILES string of the molecule is Fc1ccc(-c2cccn3nc(NC4(c5ccccc5)CCN(c5ccnc(Cl)c5)CC4)nc23)cc1F. The fraction of sp³-hybridized carbons (Fsp3) is 0.179. The maximum Gasteiger partial charge on any atom is 0.243 e. The maximum absolute atomic E-state index is 13.9. The molecule has 3 aromatic heterocycles. The average molecular weight is 517 g/mol. The van der Waals surface area contributed by atoms with E-state index in [1.54, 1.807) is 23.0 Å². The summed E-state index contributed by atoms with van der Waals surface area (Å²) in [5.41, 5.74) is 3.57. The number of anilines is 2. The van der Waals surface area contributed by atoms with Crippen LogP contribution >= 0.6 is 11.6 Å². The molecular formula is C28H23ClF2N6. The summed E-state index contributed by atoms with van der Waals surface area (Å²) in [7, 11) is 0. The number of halogens is 3. The zero-order valence-corrected chi connectivity index (χ0v) is 20.5. The summed E-state index contributed by atoms with van der Waals surface area (Å²) in [6, 6.07) is 21.6. The van der Waals surface area contributed by atoms with Crippen molar-refractivity contribution in [3.8, 4) is 11.1 Å². The highest BCUT2D eigenvalue weighted by Crippen LogP contribution is 2.38. The number of nitrogens with zero attached hydrogens (tertiary/aromatic N) is 5. The molecule has 6 nitrogen and oxygen atoms in total. The first-order valence-corrected chi connectivity index (χ1v) is 12.4. The molecule has 6 rings (SSSR count). The molecule has 9 heteroatoms. The second-order valence-corrected chi connectivity index (χ2v) is 9.54. The van der Waals surface area contributed by atoms with E-state index in [1.807, 2.05) is 42.5 Å². The first-order chi connectivity index (χ1) is 18.0. The Hall–Kier alpha value is -4.04. The Bertz CT molecular complexity index is 1560. The number of rotatable bonds is 5. The van der Waals surface area contributed by atoms with Gasteiger partial charge in [-0.2, -0.15) is 4.98 Å². The molecule has 186 valence electrons. The van der Waals surface area contributed by atoms with Gasteiger partial charge in [-0.25, -0.2) is 18.3 Å². The van der Waals surface area contributed by atoms with E-state index in [1.165, 1.54) is 6.07 Å². The standard InChI is InChI=1S/C28H23ClF2N6/c29-25-18-21(10-13-32-25)36-15-11-28(12-16-36,20-5-2-1-3-6-20)34-27-33-26-22(7-4-14-37(26)35-27)19-8-9-23(30)24(31)17-19/h1-10,13-14,17-18H,11-12,15-16H2,(H,34,35). The summed E-state index contributed by atoms with van der Waals surface area (Å²) in [4.78, 5) is 11.2. The van der Waals surface area contributed by atoms with Crippen molar-refractivity contribution in [1.29, 1.82) is 0 Å². The number of fused-ring (bicyclic) bond motifs is 1. The van der Waals surface area contributed by atoms with Gasteiger partial charge in [0.1, 0.15) is 5.15 Å². The average Bonchev–Trinajstić information content (AvgIpc) is 3.33. The highest BCUT2D eigenvalue weighted by atomic mass is 35.5. The molecule has 0 atom stereocenters. The molecule has 1 saturated heterocycles. The zero-order chi connectivity index (χ0) is 25.4. The van der Waals surface area contributed by atoms with E-state index in [0.29, 0.717) is 27.9 Å². The van der Waals surface area contributed by atoms with E-state index < -0.39 is 11.6 Å². The minimum Gasteiger partial charge on any atom is -0.371 e. The Morgan fingerprint density at radius 3 is 2.46 bits per heavy atom. The van der Waals surface area contributed by atoms with Crippen LogP contribution in [-0.4, -0.2) is 32.7 Å². The van der Waals surface area contributed by atoms with Crippen LogP contribution in [0.3, 0.4) is 0 Å². The van der Waals surface area contributed by atoms with Gasteiger partial charge in [-0.1, -0.05) is 48.0 Å². The van der Waals surface area contributed by atoms with Crippen LogP contribution < -0.4 is 10.2 Å². The molecule has 0 saturated carbocycles. The van der Waals surface area contributed by atoms with Gasteiger partial charge in [0.05, 0.1) is 5.54 Å². The van der Waals surface area contributed by atoms with E-state index in [-0.39, 0.29) is 5.54 Å². The monoisotopic (exact) mass is 516 g/mol. The normalized spacial score (nSPS) is 15.2. The molecule has 0 radical (unpaired) electrons. The quantitative estimate of drug-likeness (QED) is 0.277. The smallest absolute Gasteiger partial charge is 0.243 e. The molecule has 0 amide bonds. The van der Waals surface area contributed by atoms with Crippen LogP contribution in [-0.2, 0) is 5.54 Å². The Morgan fingerprint density at radius 1 is 0.892 bits per heavy atom. The van der Waals surface area contributed by atoms with Crippen LogP contribution in [0.25, 0.3) is 16.8 Å². The molecular weight excluding hydrogens is 494 g/mol. The lowest BCUT2D eigenvalue weighted by Crippen LogP contribution is -2.47. The van der Waals surface area contributed by atoms with Crippen LogP contribution in [0.5, 0.6) is 0 Å². The Balaban J connectivity index is 1.34. The number of benzene rings is 2. The number of hydrogen-bond donors (Lipinski definition) is 1. The second kappa shape index (κ2) is 9.44. The first-order valence-electron chi connectivity index (χ1n) is 12.0. The summed E-state index contributed by atoms with van der Waals surface area (Å²) in [6.45, 7) is 1.60. The molecule has 4 heterocycles. The second-order valence-electron chi connectivity index (χ2n) is 9.15. The minimum atomic E-state index is -0.900. The van der Waals surface area contributed by atoms with Gasteiger partial charge < -0.3 is 10.2 Å². The number of hydrogen-bond acceptors (Lipinski definition) is 5. The lowest BCUT2D eigenvalue weighted by molar-refractivity contribution is 0.372. The summed E-state index contributed by atoms with van der Waals surface area (Å²) < 4.78 is 29.1. The van der Waals surface area contributed by atoms with Crippen LogP contribution in [0.1, 0.15) is 18.4 Å². The van der Waals surface area contributed by atoms with Crippen molar-refractivity contribution < 1.29 is 8.78 Å². The number of aromatic nitrogens is 4. The zero-order valence-electron chi connectivity index (χ0n) is 19.8. The highest BCUT2D eigenvalue weighted by Gasteiger charge is 2.37. The summed E-state index contributed by atoms with van der Waals surface area (Å²) in [6.07, 6.45) is 5.13. The van der Waals surface area contributed by atoms with Gasteiger partial charge in [0, 0.05) is 36.7 Å². The van der Waals surface area contributed by atoms with Crippen LogP contribution in [0, 0.1) is 11.6 Å². The molecule has 0 spiro atoms. The third kappa shape index (κ3) is 4.49. The van der Waals surface area contributed by atoms with Crippen molar-refractivity contribution in [2.45, 2.75) is 18.4 Å². The predicted octanol–water partition coefficient (Wildman–Crippen LogP) is 6.33. The Labute approximate surface area is 217 Å². The topological polar surface area (TPSA) is 58.4 Å². The third-order valence-corrected chi connectivity index (χ3v) is 7.17. The van der Waals surface area contributed by atoms with E-state index >= 15 is 0 Å². The van der Waals surface area contributed by atoms with Crippen LogP contribution in [0.15, 0.2) is 85.2 Å². The first kappa shape index (κ1) is 23.4. The summed E-state index contributed by atoms with van der Waals surface area (Å²) in [5.74, 6) is -1.31. The Morgan fingerprint density at radius 2 is 1.70 bits per heavy atom. The summed E-state index contributed by atoms with van der Waals surface area (Å²) in [5, 5.41) is 8.79. The van der Waals surface area contributed by atoms with Gasteiger partial charge in [0.25, 0.3) is 0 Å². The molecule has 1 aliphatic rings. The van der Waals surface area contributed by atoms with Gasteiger partial charge in [0.2, 0.25) is 5.95 Å².